The van der Waals surface area contributed by atoms with Gasteiger partial charge in [-0.2, -0.15) is 0 Å². The van der Waals surface area contributed by atoms with Gasteiger partial charge in [-0.05, 0) is 49.1 Å². The number of hydrogen-bond acceptors (Lipinski definition) is 3. The molecule has 1 atom stereocenters. The van der Waals surface area contributed by atoms with Crippen molar-refractivity contribution >= 4 is 11.7 Å². The number of likely N-dealkylation sites (tertiary alicyclic amines) is 1. The number of Topliss-reactive ketones (excluding diaryl/α,β-unsaturated/α-hetero) is 1. The third kappa shape index (κ3) is 5.02. The molecule has 136 valence electrons. The summed E-state index contributed by atoms with van der Waals surface area (Å²) in [6.07, 6.45) is 3.49. The minimum Gasteiger partial charge on any atom is -0.366 e. The van der Waals surface area contributed by atoms with Crippen molar-refractivity contribution in [2.45, 2.75) is 32.2 Å². The summed E-state index contributed by atoms with van der Waals surface area (Å²) >= 11 is 0. The first kappa shape index (κ1) is 18.3. The van der Waals surface area contributed by atoms with Gasteiger partial charge in [0.1, 0.15) is 5.78 Å². The van der Waals surface area contributed by atoms with E-state index in [2.05, 4.69) is 17.0 Å². The van der Waals surface area contributed by atoms with Crippen molar-refractivity contribution < 1.29 is 9.59 Å². The Bertz CT molecular complexity index is 740. The SMILES string of the molecule is NC(=O)c1ccc(CN2CCCC(C(=O)CCc3ccccc3)C2)cc1. The third-order valence-electron chi connectivity index (χ3n) is 5.11. The molecule has 1 aliphatic rings. The molecule has 1 fully saturated rings. The molecule has 1 saturated heterocycles. The van der Waals surface area contributed by atoms with Crippen LogP contribution in [0.25, 0.3) is 0 Å². The molecule has 4 nitrogen and oxygen atoms in total. The van der Waals surface area contributed by atoms with Crippen LogP contribution in [0.2, 0.25) is 0 Å². The maximum absolute atomic E-state index is 12.6. The van der Waals surface area contributed by atoms with Gasteiger partial charge in [-0.15, -0.1) is 0 Å². The molecule has 0 aliphatic carbocycles. The first-order chi connectivity index (χ1) is 12.6. The van der Waals surface area contributed by atoms with Gasteiger partial charge < -0.3 is 5.73 Å². The van der Waals surface area contributed by atoms with Gasteiger partial charge in [0.2, 0.25) is 5.91 Å². The molecular weight excluding hydrogens is 324 g/mol. The minimum atomic E-state index is -0.404. The average molecular weight is 350 g/mol. The standard InChI is InChI=1S/C22H26N2O2/c23-22(26)19-11-8-18(9-12-19)15-24-14-4-7-20(16-24)21(25)13-10-17-5-2-1-3-6-17/h1-3,5-6,8-9,11-12,20H,4,7,10,13-16H2,(H2,23,26). The van der Waals surface area contributed by atoms with Crippen molar-refractivity contribution in [2.75, 3.05) is 13.1 Å². The summed E-state index contributed by atoms with van der Waals surface area (Å²) in [5, 5.41) is 0. The van der Waals surface area contributed by atoms with Gasteiger partial charge >= 0.3 is 0 Å². The Morgan fingerprint density at radius 1 is 1.00 bits per heavy atom. The Kier molecular flexibility index (Phi) is 6.18. The molecule has 2 N–H and O–H groups in total. The van der Waals surface area contributed by atoms with Crippen LogP contribution < -0.4 is 5.73 Å². The fourth-order valence-electron chi connectivity index (χ4n) is 3.61. The van der Waals surface area contributed by atoms with Gasteiger partial charge in [-0.25, -0.2) is 0 Å². The number of nitrogens with two attached hydrogens (primary N) is 1. The van der Waals surface area contributed by atoms with Gasteiger partial charge in [0.05, 0.1) is 0 Å². The fourth-order valence-corrected chi connectivity index (χ4v) is 3.61. The second kappa shape index (κ2) is 8.77. The highest BCUT2D eigenvalue weighted by atomic mass is 16.1. The molecule has 4 heteroatoms. The number of nitrogens with zero attached hydrogens (tertiary/aromatic N) is 1. The topological polar surface area (TPSA) is 63.4 Å². The Morgan fingerprint density at radius 3 is 2.42 bits per heavy atom. The summed E-state index contributed by atoms with van der Waals surface area (Å²) < 4.78 is 0. The summed E-state index contributed by atoms with van der Waals surface area (Å²) in [6, 6.07) is 17.6. The van der Waals surface area contributed by atoms with Crippen molar-refractivity contribution in [1.29, 1.82) is 0 Å². The number of piperidine rings is 1. The van der Waals surface area contributed by atoms with E-state index in [1.54, 1.807) is 12.1 Å². The first-order valence-corrected chi connectivity index (χ1v) is 9.29. The number of rotatable bonds is 7. The van der Waals surface area contributed by atoms with Crippen LogP contribution in [-0.4, -0.2) is 29.7 Å². The molecule has 1 heterocycles. The fraction of sp³-hybridized carbons (Fsp3) is 0.364. The number of carbonyl (C=O) groups is 2. The summed E-state index contributed by atoms with van der Waals surface area (Å²) in [5.41, 5.74) is 8.18. The zero-order chi connectivity index (χ0) is 18.4. The molecule has 0 spiro atoms. The maximum Gasteiger partial charge on any atom is 0.248 e. The lowest BCUT2D eigenvalue weighted by Gasteiger charge is -2.32. The lowest BCUT2D eigenvalue weighted by molar-refractivity contribution is -0.124. The Balaban J connectivity index is 1.51. The van der Waals surface area contributed by atoms with E-state index in [1.165, 1.54) is 5.56 Å². The Hall–Kier alpha value is -2.46. The summed E-state index contributed by atoms with van der Waals surface area (Å²) in [4.78, 5) is 26.1. The molecular formula is C22H26N2O2. The van der Waals surface area contributed by atoms with Crippen LogP contribution in [0.3, 0.4) is 0 Å². The number of aryl methyl sites for hydroxylation is 1. The number of carbonyl (C=O) groups excluding carboxylic acids is 2. The second-order valence-electron chi connectivity index (χ2n) is 7.09. The van der Waals surface area contributed by atoms with Gasteiger partial charge in [0.15, 0.2) is 0 Å². The highest BCUT2D eigenvalue weighted by Gasteiger charge is 2.25. The van der Waals surface area contributed by atoms with Crippen LogP contribution in [0.15, 0.2) is 54.6 Å². The monoisotopic (exact) mass is 350 g/mol. The molecule has 1 amide bonds. The largest absolute Gasteiger partial charge is 0.366 e. The summed E-state index contributed by atoms with van der Waals surface area (Å²) in [7, 11) is 0. The molecule has 0 bridgehead atoms. The molecule has 0 saturated carbocycles. The molecule has 1 unspecified atom stereocenters. The smallest absolute Gasteiger partial charge is 0.248 e. The molecule has 3 rings (SSSR count). The third-order valence-corrected chi connectivity index (χ3v) is 5.11. The van der Waals surface area contributed by atoms with Crippen molar-refractivity contribution in [1.82, 2.24) is 4.90 Å². The van der Waals surface area contributed by atoms with Crippen molar-refractivity contribution in [3.05, 3.63) is 71.3 Å². The van der Waals surface area contributed by atoms with E-state index in [0.29, 0.717) is 17.8 Å². The van der Waals surface area contributed by atoms with Crippen molar-refractivity contribution in [3.63, 3.8) is 0 Å². The van der Waals surface area contributed by atoms with E-state index in [-0.39, 0.29) is 5.92 Å². The van der Waals surface area contributed by atoms with E-state index in [9.17, 15) is 9.59 Å². The van der Waals surface area contributed by atoms with E-state index >= 15 is 0 Å². The molecule has 2 aromatic carbocycles. The van der Waals surface area contributed by atoms with Gasteiger partial charge in [-0.1, -0.05) is 42.5 Å². The Labute approximate surface area is 155 Å². The van der Waals surface area contributed by atoms with Crippen LogP contribution in [0, 0.1) is 5.92 Å². The zero-order valence-electron chi connectivity index (χ0n) is 15.1. The van der Waals surface area contributed by atoms with Crippen molar-refractivity contribution in [2.24, 2.45) is 11.7 Å². The number of amides is 1. The predicted octanol–water partition coefficient (Wildman–Crippen LogP) is 3.20. The highest BCUT2D eigenvalue weighted by molar-refractivity contribution is 5.92. The van der Waals surface area contributed by atoms with Crippen molar-refractivity contribution in [3.8, 4) is 0 Å². The lowest BCUT2D eigenvalue weighted by atomic mass is 9.90. The van der Waals surface area contributed by atoms with Gasteiger partial charge in [0, 0.05) is 31.0 Å². The van der Waals surface area contributed by atoms with Gasteiger partial charge in [0.25, 0.3) is 0 Å². The number of ketones is 1. The Morgan fingerprint density at radius 2 is 1.73 bits per heavy atom. The van der Waals surface area contributed by atoms with E-state index in [0.717, 1.165) is 44.5 Å². The maximum atomic E-state index is 12.6. The second-order valence-corrected chi connectivity index (χ2v) is 7.09. The highest BCUT2D eigenvalue weighted by Crippen LogP contribution is 2.21. The molecule has 0 aromatic heterocycles. The average Bonchev–Trinajstić information content (AvgIpc) is 2.67. The normalized spacial score (nSPS) is 17.8. The first-order valence-electron chi connectivity index (χ1n) is 9.29. The van der Waals surface area contributed by atoms with E-state index in [1.807, 2.05) is 30.3 Å². The van der Waals surface area contributed by atoms with E-state index in [4.69, 9.17) is 5.73 Å². The lowest BCUT2D eigenvalue weighted by Crippen LogP contribution is -2.38. The minimum absolute atomic E-state index is 0.136. The van der Waals surface area contributed by atoms with E-state index < -0.39 is 5.91 Å². The summed E-state index contributed by atoms with van der Waals surface area (Å²) in [6.45, 7) is 2.65. The molecule has 1 aliphatic heterocycles. The summed E-state index contributed by atoms with van der Waals surface area (Å²) in [5.74, 6) is 0.110. The number of benzene rings is 2. The van der Waals surface area contributed by atoms with Gasteiger partial charge in [-0.3, -0.25) is 14.5 Å². The van der Waals surface area contributed by atoms with Crippen LogP contribution in [0.5, 0.6) is 0 Å². The molecule has 2 aromatic rings. The zero-order valence-corrected chi connectivity index (χ0v) is 15.1. The van der Waals surface area contributed by atoms with Crippen LogP contribution >= 0.6 is 0 Å². The van der Waals surface area contributed by atoms with Crippen LogP contribution in [-0.2, 0) is 17.8 Å². The number of hydrogen-bond donors (Lipinski definition) is 1. The number of primary amides is 1. The quantitative estimate of drug-likeness (QED) is 0.834. The molecule has 0 radical (unpaired) electrons. The molecule has 26 heavy (non-hydrogen) atoms. The predicted molar refractivity (Wildman–Crippen MR) is 103 cm³/mol. The van der Waals surface area contributed by atoms with Crippen LogP contribution in [0.1, 0.15) is 40.7 Å². The van der Waals surface area contributed by atoms with Crippen LogP contribution in [0.4, 0.5) is 0 Å².